The van der Waals surface area contributed by atoms with E-state index in [0.29, 0.717) is 5.88 Å². The lowest BCUT2D eigenvalue weighted by Crippen LogP contribution is -1.99. The average Bonchev–Trinajstić information content (AvgIpc) is 2.39. The van der Waals surface area contributed by atoms with Crippen molar-refractivity contribution in [2.24, 2.45) is 0 Å². The molecule has 0 saturated carbocycles. The number of aromatic nitrogens is 3. The third kappa shape index (κ3) is 2.18. The van der Waals surface area contributed by atoms with Gasteiger partial charge in [-0.15, -0.1) is 0 Å². The van der Waals surface area contributed by atoms with Crippen molar-refractivity contribution in [2.75, 3.05) is 19.5 Å². The SMILES string of the molecule is CNc1ncnc(-c2ccnc(OC)c2)c1C. The molecule has 0 spiro atoms. The zero-order valence-corrected chi connectivity index (χ0v) is 10.1. The number of pyridine rings is 1. The highest BCUT2D eigenvalue weighted by Crippen LogP contribution is 2.25. The van der Waals surface area contributed by atoms with Gasteiger partial charge in [0.25, 0.3) is 0 Å². The van der Waals surface area contributed by atoms with Gasteiger partial charge in [0.05, 0.1) is 12.8 Å². The molecule has 0 aromatic carbocycles. The summed E-state index contributed by atoms with van der Waals surface area (Å²) in [5.41, 5.74) is 2.85. The van der Waals surface area contributed by atoms with Crippen LogP contribution in [-0.4, -0.2) is 29.1 Å². The summed E-state index contributed by atoms with van der Waals surface area (Å²) in [5, 5.41) is 3.04. The monoisotopic (exact) mass is 230 g/mol. The van der Waals surface area contributed by atoms with Crippen LogP contribution >= 0.6 is 0 Å². The molecular weight excluding hydrogens is 216 g/mol. The average molecular weight is 230 g/mol. The maximum absolute atomic E-state index is 5.10. The molecule has 5 nitrogen and oxygen atoms in total. The summed E-state index contributed by atoms with van der Waals surface area (Å²) in [5.74, 6) is 1.40. The van der Waals surface area contributed by atoms with E-state index < -0.39 is 0 Å². The van der Waals surface area contributed by atoms with Gasteiger partial charge in [0, 0.05) is 30.4 Å². The third-order valence-corrected chi connectivity index (χ3v) is 2.54. The fourth-order valence-electron chi connectivity index (χ4n) is 1.66. The first-order chi connectivity index (χ1) is 8.26. The Balaban J connectivity index is 2.52. The van der Waals surface area contributed by atoms with E-state index >= 15 is 0 Å². The van der Waals surface area contributed by atoms with Crippen molar-refractivity contribution in [3.8, 4) is 17.1 Å². The molecule has 2 rings (SSSR count). The Labute approximate surface area is 99.9 Å². The predicted octanol–water partition coefficient (Wildman–Crippen LogP) is 1.90. The minimum absolute atomic E-state index is 0.575. The molecule has 1 N–H and O–H groups in total. The summed E-state index contributed by atoms with van der Waals surface area (Å²) >= 11 is 0. The van der Waals surface area contributed by atoms with Crippen LogP contribution in [0.5, 0.6) is 5.88 Å². The van der Waals surface area contributed by atoms with Crippen molar-refractivity contribution >= 4 is 5.82 Å². The standard InChI is InChI=1S/C12H14N4O/c1-8-11(15-7-16-12(8)13-2)9-4-5-14-10(6-9)17-3/h4-7H,1-3H3,(H,13,15,16). The molecule has 0 aliphatic rings. The molecule has 2 aromatic heterocycles. The molecule has 2 aromatic rings. The molecule has 0 bridgehead atoms. The van der Waals surface area contributed by atoms with Crippen LogP contribution in [0.3, 0.4) is 0 Å². The molecular formula is C12H14N4O. The smallest absolute Gasteiger partial charge is 0.213 e. The lowest BCUT2D eigenvalue weighted by molar-refractivity contribution is 0.398. The number of rotatable bonds is 3. The van der Waals surface area contributed by atoms with Gasteiger partial charge in [0.2, 0.25) is 5.88 Å². The van der Waals surface area contributed by atoms with Gasteiger partial charge in [-0.25, -0.2) is 15.0 Å². The maximum Gasteiger partial charge on any atom is 0.213 e. The number of hydrogen-bond donors (Lipinski definition) is 1. The molecule has 17 heavy (non-hydrogen) atoms. The lowest BCUT2D eigenvalue weighted by atomic mass is 10.1. The largest absolute Gasteiger partial charge is 0.481 e. The van der Waals surface area contributed by atoms with E-state index in [2.05, 4.69) is 20.3 Å². The minimum atomic E-state index is 0.575. The van der Waals surface area contributed by atoms with E-state index in [9.17, 15) is 0 Å². The molecule has 0 fully saturated rings. The second kappa shape index (κ2) is 4.78. The second-order valence-corrected chi connectivity index (χ2v) is 3.53. The van der Waals surface area contributed by atoms with Gasteiger partial charge < -0.3 is 10.1 Å². The molecule has 2 heterocycles. The van der Waals surface area contributed by atoms with Crippen LogP contribution in [0.15, 0.2) is 24.7 Å². The van der Waals surface area contributed by atoms with Gasteiger partial charge in [0.1, 0.15) is 12.1 Å². The molecule has 0 saturated heterocycles. The molecule has 0 unspecified atom stereocenters. The summed E-state index contributed by atoms with van der Waals surface area (Å²) in [6.45, 7) is 1.98. The van der Waals surface area contributed by atoms with E-state index in [1.165, 1.54) is 0 Å². The number of ether oxygens (including phenoxy) is 1. The zero-order chi connectivity index (χ0) is 12.3. The summed E-state index contributed by atoms with van der Waals surface area (Å²) in [6.07, 6.45) is 3.25. The van der Waals surface area contributed by atoms with Gasteiger partial charge in [-0.2, -0.15) is 0 Å². The Hall–Kier alpha value is -2.17. The van der Waals surface area contributed by atoms with Gasteiger partial charge in [0.15, 0.2) is 0 Å². The van der Waals surface area contributed by atoms with Crippen molar-refractivity contribution in [1.29, 1.82) is 0 Å². The van der Waals surface area contributed by atoms with Crippen LogP contribution in [-0.2, 0) is 0 Å². The van der Waals surface area contributed by atoms with Crippen LogP contribution in [0, 0.1) is 6.92 Å². The third-order valence-electron chi connectivity index (χ3n) is 2.54. The van der Waals surface area contributed by atoms with Gasteiger partial charge in [-0.05, 0) is 13.0 Å². The molecule has 0 amide bonds. The summed E-state index contributed by atoms with van der Waals surface area (Å²) < 4.78 is 5.10. The van der Waals surface area contributed by atoms with E-state index in [4.69, 9.17) is 4.74 Å². The molecule has 5 heteroatoms. The van der Waals surface area contributed by atoms with Crippen molar-refractivity contribution in [3.05, 3.63) is 30.2 Å². The Kier molecular flexibility index (Phi) is 3.18. The van der Waals surface area contributed by atoms with Crippen molar-refractivity contribution in [3.63, 3.8) is 0 Å². The Morgan fingerprint density at radius 1 is 1.24 bits per heavy atom. The maximum atomic E-state index is 5.10. The van der Waals surface area contributed by atoms with Gasteiger partial charge >= 0.3 is 0 Å². The Bertz CT molecular complexity index is 528. The van der Waals surface area contributed by atoms with Gasteiger partial charge in [-0.1, -0.05) is 0 Å². The number of hydrogen-bond acceptors (Lipinski definition) is 5. The van der Waals surface area contributed by atoms with Crippen molar-refractivity contribution in [1.82, 2.24) is 15.0 Å². The summed E-state index contributed by atoms with van der Waals surface area (Å²) in [7, 11) is 3.43. The quantitative estimate of drug-likeness (QED) is 0.872. The first kappa shape index (κ1) is 11.3. The molecule has 0 aliphatic heterocycles. The number of anilines is 1. The summed E-state index contributed by atoms with van der Waals surface area (Å²) in [4.78, 5) is 12.5. The van der Waals surface area contributed by atoms with Crippen LogP contribution in [0.25, 0.3) is 11.3 Å². The zero-order valence-electron chi connectivity index (χ0n) is 10.1. The molecule has 0 radical (unpaired) electrons. The van der Waals surface area contributed by atoms with Crippen LogP contribution in [0.4, 0.5) is 5.82 Å². The van der Waals surface area contributed by atoms with E-state index in [1.54, 1.807) is 19.6 Å². The molecule has 88 valence electrons. The number of nitrogens with zero attached hydrogens (tertiary/aromatic N) is 3. The van der Waals surface area contributed by atoms with Crippen LogP contribution in [0.2, 0.25) is 0 Å². The highest BCUT2D eigenvalue weighted by atomic mass is 16.5. The van der Waals surface area contributed by atoms with E-state index in [-0.39, 0.29) is 0 Å². The molecule has 0 aliphatic carbocycles. The van der Waals surface area contributed by atoms with E-state index in [1.807, 2.05) is 26.1 Å². The first-order valence-corrected chi connectivity index (χ1v) is 5.26. The predicted molar refractivity (Wildman–Crippen MR) is 66.1 cm³/mol. The van der Waals surface area contributed by atoms with Gasteiger partial charge in [-0.3, -0.25) is 0 Å². The van der Waals surface area contributed by atoms with Crippen molar-refractivity contribution in [2.45, 2.75) is 6.92 Å². The number of nitrogens with one attached hydrogen (secondary N) is 1. The van der Waals surface area contributed by atoms with Crippen LogP contribution in [0.1, 0.15) is 5.56 Å². The van der Waals surface area contributed by atoms with E-state index in [0.717, 1.165) is 22.6 Å². The van der Waals surface area contributed by atoms with Crippen molar-refractivity contribution < 1.29 is 4.74 Å². The topological polar surface area (TPSA) is 59.9 Å². The lowest BCUT2D eigenvalue weighted by Gasteiger charge is -2.09. The first-order valence-electron chi connectivity index (χ1n) is 5.26. The highest BCUT2D eigenvalue weighted by Gasteiger charge is 2.08. The molecule has 0 atom stereocenters. The fourth-order valence-corrected chi connectivity index (χ4v) is 1.66. The Morgan fingerprint density at radius 2 is 2.06 bits per heavy atom. The number of methoxy groups -OCH3 is 1. The Morgan fingerprint density at radius 3 is 2.76 bits per heavy atom. The minimum Gasteiger partial charge on any atom is -0.481 e. The second-order valence-electron chi connectivity index (χ2n) is 3.53. The van der Waals surface area contributed by atoms with Crippen LogP contribution < -0.4 is 10.1 Å². The fraction of sp³-hybridized carbons (Fsp3) is 0.250. The highest BCUT2D eigenvalue weighted by molar-refractivity contribution is 5.68. The summed E-state index contributed by atoms with van der Waals surface area (Å²) in [6, 6.07) is 3.76. The normalized spacial score (nSPS) is 10.1.